The number of aliphatic hydroxyl groups is 1. The Balaban J connectivity index is 1.55. The highest BCUT2D eigenvalue weighted by Crippen LogP contribution is 2.28. The number of piperazine rings is 1. The van der Waals surface area contributed by atoms with E-state index in [0.717, 1.165) is 56.9 Å². The number of nitrogens with zero attached hydrogens (tertiary/aromatic N) is 4. The summed E-state index contributed by atoms with van der Waals surface area (Å²) in [4.78, 5) is 13.7. The number of anilines is 1. The molecule has 0 atom stereocenters. The molecule has 1 saturated heterocycles. The third-order valence-corrected chi connectivity index (χ3v) is 4.93. The van der Waals surface area contributed by atoms with Gasteiger partial charge in [-0.05, 0) is 37.3 Å². The van der Waals surface area contributed by atoms with Crippen LogP contribution in [0.25, 0.3) is 10.2 Å². The Kier molecular flexibility index (Phi) is 5.00. The molecule has 0 aromatic carbocycles. The summed E-state index contributed by atoms with van der Waals surface area (Å²) in [5.41, 5.74) is 1.05. The lowest BCUT2D eigenvalue weighted by Crippen LogP contribution is -2.47. The van der Waals surface area contributed by atoms with Crippen LogP contribution >= 0.6 is 11.3 Å². The van der Waals surface area contributed by atoms with E-state index < -0.39 is 0 Å². The van der Waals surface area contributed by atoms with Crippen LogP contribution in [0.15, 0.2) is 17.8 Å². The molecule has 3 rings (SSSR count). The number of aliphatic hydroxyl groups excluding tert-OH is 1. The van der Waals surface area contributed by atoms with Crippen LogP contribution in [0.1, 0.15) is 19.3 Å². The van der Waals surface area contributed by atoms with Crippen molar-refractivity contribution in [3.8, 4) is 0 Å². The molecule has 0 bridgehead atoms. The predicted molar refractivity (Wildman–Crippen MR) is 87.0 cm³/mol. The van der Waals surface area contributed by atoms with Gasteiger partial charge in [0, 0.05) is 32.8 Å². The molecule has 0 amide bonds. The van der Waals surface area contributed by atoms with Gasteiger partial charge in [0.2, 0.25) is 0 Å². The Hall–Kier alpha value is -1.24. The van der Waals surface area contributed by atoms with Crippen LogP contribution in [0.3, 0.4) is 0 Å². The summed E-state index contributed by atoms with van der Waals surface area (Å²) in [6, 6.07) is 2.06. The molecule has 2 aromatic heterocycles. The Morgan fingerprint density at radius 2 is 1.95 bits per heavy atom. The van der Waals surface area contributed by atoms with Gasteiger partial charge in [0.15, 0.2) is 0 Å². The topological polar surface area (TPSA) is 52.5 Å². The molecule has 6 heteroatoms. The summed E-state index contributed by atoms with van der Waals surface area (Å²) < 4.78 is 1.20. The fourth-order valence-electron chi connectivity index (χ4n) is 2.81. The van der Waals surface area contributed by atoms with Crippen molar-refractivity contribution in [3.05, 3.63) is 17.8 Å². The average molecular weight is 306 g/mol. The number of aromatic nitrogens is 2. The maximum Gasteiger partial charge on any atom is 0.150 e. The van der Waals surface area contributed by atoms with Crippen molar-refractivity contribution in [1.82, 2.24) is 14.9 Å². The molecule has 1 N–H and O–H groups in total. The highest BCUT2D eigenvalue weighted by atomic mass is 32.1. The van der Waals surface area contributed by atoms with Gasteiger partial charge in [-0.2, -0.15) is 0 Å². The van der Waals surface area contributed by atoms with E-state index in [2.05, 4.69) is 31.2 Å². The van der Waals surface area contributed by atoms with Gasteiger partial charge in [0.05, 0.1) is 10.2 Å². The zero-order valence-electron chi connectivity index (χ0n) is 12.2. The van der Waals surface area contributed by atoms with E-state index in [9.17, 15) is 0 Å². The highest BCUT2D eigenvalue weighted by Gasteiger charge is 2.19. The predicted octanol–water partition coefficient (Wildman–Crippen LogP) is 1.98. The molecular formula is C15H22N4OS. The summed E-state index contributed by atoms with van der Waals surface area (Å²) >= 11 is 1.72. The lowest BCUT2D eigenvalue weighted by atomic mass is 10.2. The summed E-state index contributed by atoms with van der Waals surface area (Å²) in [6.45, 7) is 5.71. The van der Waals surface area contributed by atoms with Gasteiger partial charge in [-0.25, -0.2) is 9.97 Å². The minimum Gasteiger partial charge on any atom is -0.396 e. The van der Waals surface area contributed by atoms with Gasteiger partial charge in [-0.1, -0.05) is 0 Å². The first-order valence-corrected chi connectivity index (χ1v) is 8.53. The van der Waals surface area contributed by atoms with E-state index in [1.807, 2.05) is 0 Å². The fraction of sp³-hybridized carbons (Fsp3) is 0.600. The van der Waals surface area contributed by atoms with Crippen molar-refractivity contribution >= 4 is 27.4 Å². The van der Waals surface area contributed by atoms with Gasteiger partial charge >= 0.3 is 0 Å². The maximum atomic E-state index is 8.80. The summed E-state index contributed by atoms with van der Waals surface area (Å²) in [7, 11) is 0. The highest BCUT2D eigenvalue weighted by molar-refractivity contribution is 7.17. The molecule has 0 aliphatic carbocycles. The second kappa shape index (κ2) is 7.15. The summed E-state index contributed by atoms with van der Waals surface area (Å²) in [5.74, 6) is 1.09. The Labute approximate surface area is 129 Å². The third-order valence-electron chi connectivity index (χ3n) is 4.03. The van der Waals surface area contributed by atoms with Gasteiger partial charge in [-0.3, -0.25) is 4.90 Å². The molecule has 21 heavy (non-hydrogen) atoms. The van der Waals surface area contributed by atoms with E-state index in [-0.39, 0.29) is 0 Å². The second-order valence-corrected chi connectivity index (χ2v) is 6.36. The number of unbranched alkanes of at least 4 members (excludes halogenated alkanes) is 2. The molecule has 3 heterocycles. The first-order valence-electron chi connectivity index (χ1n) is 7.65. The Morgan fingerprint density at radius 3 is 2.76 bits per heavy atom. The van der Waals surface area contributed by atoms with Crippen molar-refractivity contribution in [1.29, 1.82) is 0 Å². The first-order chi connectivity index (χ1) is 10.4. The van der Waals surface area contributed by atoms with E-state index in [4.69, 9.17) is 5.11 Å². The van der Waals surface area contributed by atoms with Crippen molar-refractivity contribution in [2.24, 2.45) is 0 Å². The minimum absolute atomic E-state index is 0.318. The van der Waals surface area contributed by atoms with Gasteiger partial charge in [-0.15, -0.1) is 11.3 Å². The van der Waals surface area contributed by atoms with Crippen molar-refractivity contribution in [2.45, 2.75) is 19.3 Å². The number of thiophene rings is 1. The Morgan fingerprint density at radius 1 is 1.10 bits per heavy atom. The molecule has 0 unspecified atom stereocenters. The monoisotopic (exact) mass is 306 g/mol. The first kappa shape index (κ1) is 14.7. The van der Waals surface area contributed by atoms with E-state index >= 15 is 0 Å². The van der Waals surface area contributed by atoms with Crippen LogP contribution in [0.2, 0.25) is 0 Å². The van der Waals surface area contributed by atoms with Crippen LogP contribution in [0, 0.1) is 0 Å². The molecule has 114 valence electrons. The largest absolute Gasteiger partial charge is 0.396 e. The molecule has 0 spiro atoms. The van der Waals surface area contributed by atoms with Crippen LogP contribution in [-0.4, -0.2) is 59.3 Å². The minimum atomic E-state index is 0.318. The maximum absolute atomic E-state index is 8.80. The lowest BCUT2D eigenvalue weighted by Gasteiger charge is -2.35. The smallest absolute Gasteiger partial charge is 0.150 e. The zero-order valence-corrected chi connectivity index (χ0v) is 13.1. The van der Waals surface area contributed by atoms with Crippen molar-refractivity contribution in [2.75, 3.05) is 44.2 Å². The molecule has 1 aliphatic heterocycles. The molecule has 0 radical (unpaired) electrons. The molecule has 1 aliphatic rings. The lowest BCUT2D eigenvalue weighted by molar-refractivity contribution is 0.242. The normalized spacial score (nSPS) is 16.7. The van der Waals surface area contributed by atoms with Crippen LogP contribution in [0.4, 0.5) is 5.82 Å². The Bertz CT molecular complexity index is 566. The third kappa shape index (κ3) is 3.51. The van der Waals surface area contributed by atoms with Gasteiger partial charge in [0.1, 0.15) is 12.1 Å². The van der Waals surface area contributed by atoms with Crippen LogP contribution < -0.4 is 4.90 Å². The SMILES string of the molecule is OCCCCCN1CCN(c2ncnc3ccsc23)CC1. The molecule has 5 nitrogen and oxygen atoms in total. The molecule has 0 saturated carbocycles. The summed E-state index contributed by atoms with van der Waals surface area (Å²) in [6.07, 6.45) is 4.91. The van der Waals surface area contributed by atoms with Gasteiger partial charge in [0.25, 0.3) is 0 Å². The number of hydrogen-bond donors (Lipinski definition) is 1. The van der Waals surface area contributed by atoms with E-state index in [0.29, 0.717) is 6.61 Å². The van der Waals surface area contributed by atoms with Crippen LogP contribution in [-0.2, 0) is 0 Å². The van der Waals surface area contributed by atoms with Crippen LogP contribution in [0.5, 0.6) is 0 Å². The van der Waals surface area contributed by atoms with Gasteiger partial charge < -0.3 is 10.0 Å². The van der Waals surface area contributed by atoms with E-state index in [1.54, 1.807) is 17.7 Å². The number of rotatable bonds is 6. The molecule has 1 fully saturated rings. The average Bonchev–Trinajstić information content (AvgIpc) is 3.01. The number of hydrogen-bond acceptors (Lipinski definition) is 6. The second-order valence-electron chi connectivity index (χ2n) is 5.45. The molecule has 2 aromatic rings. The standard InChI is InChI=1S/C15H22N4OS/c20-10-3-1-2-5-18-6-8-19(9-7-18)15-14-13(4-11-21-14)16-12-17-15/h4,11-12,20H,1-3,5-10H2. The number of fused-ring (bicyclic) bond motifs is 1. The van der Waals surface area contributed by atoms with Crippen molar-refractivity contribution < 1.29 is 5.11 Å². The molecular weight excluding hydrogens is 284 g/mol. The summed E-state index contributed by atoms with van der Waals surface area (Å²) in [5, 5.41) is 10.9. The zero-order chi connectivity index (χ0) is 14.5. The quantitative estimate of drug-likeness (QED) is 0.827. The van der Waals surface area contributed by atoms with Crippen molar-refractivity contribution in [3.63, 3.8) is 0 Å². The fourth-order valence-corrected chi connectivity index (χ4v) is 3.67. The van der Waals surface area contributed by atoms with E-state index in [1.165, 1.54) is 11.1 Å².